The summed E-state index contributed by atoms with van der Waals surface area (Å²) in [5, 5.41) is 10.5. The van der Waals surface area contributed by atoms with E-state index >= 15 is 0 Å². The number of ether oxygens (including phenoxy) is 1. The van der Waals surface area contributed by atoms with Crippen LogP contribution < -0.4 is 5.32 Å². The Labute approximate surface area is 113 Å². The minimum Gasteiger partial charge on any atom is -0.383 e. The third-order valence-corrected chi connectivity index (χ3v) is 3.18. The fourth-order valence-electron chi connectivity index (χ4n) is 2.46. The summed E-state index contributed by atoms with van der Waals surface area (Å²) in [5.74, 6) is 0.228. The molecule has 1 fully saturated rings. The molecule has 1 atom stereocenters. The van der Waals surface area contributed by atoms with Crippen LogP contribution >= 0.6 is 0 Å². The molecule has 1 aliphatic rings. The van der Waals surface area contributed by atoms with Gasteiger partial charge in [-0.3, -0.25) is 10.7 Å². The van der Waals surface area contributed by atoms with Crippen LogP contribution in [0, 0.1) is 19.3 Å². The number of amides is 2. The summed E-state index contributed by atoms with van der Waals surface area (Å²) in [4.78, 5) is 13.5. The molecule has 1 saturated heterocycles. The van der Waals surface area contributed by atoms with Crippen molar-refractivity contribution >= 4 is 11.9 Å². The van der Waals surface area contributed by atoms with Gasteiger partial charge in [-0.25, -0.2) is 4.79 Å². The maximum Gasteiger partial charge on any atom is 0.323 e. The van der Waals surface area contributed by atoms with Crippen molar-refractivity contribution in [2.24, 2.45) is 0 Å². The van der Waals surface area contributed by atoms with Crippen LogP contribution in [-0.4, -0.2) is 37.0 Å². The van der Waals surface area contributed by atoms with E-state index in [2.05, 4.69) is 11.4 Å². The van der Waals surface area contributed by atoms with E-state index in [0.29, 0.717) is 13.2 Å². The first kappa shape index (κ1) is 13.5. The molecular weight excluding hydrogens is 242 g/mol. The summed E-state index contributed by atoms with van der Waals surface area (Å²) in [6, 6.07) is 5.56. The van der Waals surface area contributed by atoms with Gasteiger partial charge in [-0.05, 0) is 19.4 Å². The SMILES string of the molecule is COCCN1C(=O)NC(=N)C1c1cc(C)cc(C)c1. The first-order chi connectivity index (χ1) is 9.02. The quantitative estimate of drug-likeness (QED) is 0.870. The van der Waals surface area contributed by atoms with Gasteiger partial charge in [0, 0.05) is 13.7 Å². The molecule has 2 amide bonds. The number of urea groups is 1. The zero-order valence-corrected chi connectivity index (χ0v) is 11.5. The number of rotatable bonds is 4. The molecule has 102 valence electrons. The van der Waals surface area contributed by atoms with Crippen molar-refractivity contribution in [2.45, 2.75) is 19.9 Å². The average molecular weight is 261 g/mol. The van der Waals surface area contributed by atoms with E-state index in [1.807, 2.05) is 26.0 Å². The molecule has 5 nitrogen and oxygen atoms in total. The van der Waals surface area contributed by atoms with E-state index < -0.39 is 0 Å². The largest absolute Gasteiger partial charge is 0.383 e. The Morgan fingerprint density at radius 3 is 2.53 bits per heavy atom. The number of carbonyl (C=O) groups is 1. The monoisotopic (exact) mass is 261 g/mol. The number of nitrogens with one attached hydrogen (secondary N) is 2. The van der Waals surface area contributed by atoms with E-state index in [0.717, 1.165) is 16.7 Å². The highest BCUT2D eigenvalue weighted by Gasteiger charge is 2.36. The second-order valence-corrected chi connectivity index (χ2v) is 4.85. The van der Waals surface area contributed by atoms with Gasteiger partial charge in [0.15, 0.2) is 0 Å². The van der Waals surface area contributed by atoms with Crippen LogP contribution in [-0.2, 0) is 4.74 Å². The van der Waals surface area contributed by atoms with E-state index in [-0.39, 0.29) is 17.9 Å². The molecule has 1 aliphatic heterocycles. The van der Waals surface area contributed by atoms with Crippen molar-refractivity contribution in [3.8, 4) is 0 Å². The lowest BCUT2D eigenvalue weighted by Crippen LogP contribution is -2.32. The molecule has 19 heavy (non-hydrogen) atoms. The van der Waals surface area contributed by atoms with Crippen LogP contribution in [0.15, 0.2) is 18.2 Å². The van der Waals surface area contributed by atoms with Gasteiger partial charge in [-0.1, -0.05) is 29.3 Å². The van der Waals surface area contributed by atoms with Crippen LogP contribution in [0.3, 0.4) is 0 Å². The van der Waals surface area contributed by atoms with Gasteiger partial charge >= 0.3 is 6.03 Å². The molecule has 2 N–H and O–H groups in total. The smallest absolute Gasteiger partial charge is 0.323 e. The highest BCUT2D eigenvalue weighted by Crippen LogP contribution is 2.27. The molecule has 0 bridgehead atoms. The zero-order valence-electron chi connectivity index (χ0n) is 11.5. The molecule has 2 rings (SSSR count). The van der Waals surface area contributed by atoms with Crippen LogP contribution in [0.5, 0.6) is 0 Å². The van der Waals surface area contributed by atoms with Gasteiger partial charge in [0.1, 0.15) is 11.9 Å². The zero-order chi connectivity index (χ0) is 14.0. The first-order valence-electron chi connectivity index (χ1n) is 6.26. The number of methoxy groups -OCH3 is 1. The van der Waals surface area contributed by atoms with Crippen LogP contribution in [0.4, 0.5) is 4.79 Å². The Kier molecular flexibility index (Phi) is 3.85. The maximum absolute atomic E-state index is 11.9. The number of aryl methyl sites for hydroxylation is 2. The number of amidine groups is 1. The summed E-state index contributed by atoms with van der Waals surface area (Å²) in [7, 11) is 1.60. The van der Waals surface area contributed by atoms with Gasteiger partial charge in [-0.2, -0.15) is 0 Å². The second kappa shape index (κ2) is 5.40. The number of nitrogens with zero attached hydrogens (tertiary/aromatic N) is 1. The van der Waals surface area contributed by atoms with Crippen molar-refractivity contribution in [3.05, 3.63) is 34.9 Å². The molecular formula is C14H19N3O2. The van der Waals surface area contributed by atoms with Crippen molar-refractivity contribution < 1.29 is 9.53 Å². The highest BCUT2D eigenvalue weighted by atomic mass is 16.5. The lowest BCUT2D eigenvalue weighted by molar-refractivity contribution is 0.151. The Hall–Kier alpha value is -1.88. The molecule has 1 aromatic carbocycles. The van der Waals surface area contributed by atoms with Crippen molar-refractivity contribution in [1.82, 2.24) is 10.2 Å². The second-order valence-electron chi connectivity index (χ2n) is 4.85. The third-order valence-electron chi connectivity index (χ3n) is 3.18. The highest BCUT2D eigenvalue weighted by molar-refractivity contribution is 6.06. The molecule has 1 aromatic rings. The Morgan fingerprint density at radius 1 is 1.32 bits per heavy atom. The molecule has 1 unspecified atom stereocenters. The van der Waals surface area contributed by atoms with Crippen molar-refractivity contribution in [3.63, 3.8) is 0 Å². The molecule has 1 heterocycles. The fraction of sp³-hybridized carbons (Fsp3) is 0.429. The molecule has 5 heteroatoms. The molecule has 0 saturated carbocycles. The topological polar surface area (TPSA) is 65.4 Å². The van der Waals surface area contributed by atoms with Gasteiger partial charge < -0.3 is 9.64 Å². The Balaban J connectivity index is 2.33. The predicted molar refractivity (Wildman–Crippen MR) is 73.5 cm³/mol. The summed E-state index contributed by atoms with van der Waals surface area (Å²) < 4.78 is 5.03. The molecule has 0 aromatic heterocycles. The normalized spacial score (nSPS) is 18.9. The minimum absolute atomic E-state index is 0.228. The van der Waals surface area contributed by atoms with Crippen LogP contribution in [0.25, 0.3) is 0 Å². The van der Waals surface area contributed by atoms with Crippen LogP contribution in [0.2, 0.25) is 0 Å². The fourth-order valence-corrected chi connectivity index (χ4v) is 2.46. The van der Waals surface area contributed by atoms with E-state index in [9.17, 15) is 4.79 Å². The van der Waals surface area contributed by atoms with Crippen molar-refractivity contribution in [2.75, 3.05) is 20.3 Å². The lowest BCUT2D eigenvalue weighted by atomic mass is 10.0. The lowest BCUT2D eigenvalue weighted by Gasteiger charge is -2.23. The number of hydrogen-bond acceptors (Lipinski definition) is 3. The average Bonchev–Trinajstić information content (AvgIpc) is 2.59. The van der Waals surface area contributed by atoms with Gasteiger partial charge in [0.25, 0.3) is 0 Å². The standard InChI is InChI=1S/C14H19N3O2/c1-9-6-10(2)8-11(7-9)12-13(15)16-14(18)17(12)4-5-19-3/h6-8,12H,4-5H2,1-3H3,(H2,15,16,18). The summed E-state index contributed by atoms with van der Waals surface area (Å²) >= 11 is 0. The molecule has 0 spiro atoms. The number of hydrogen-bond donors (Lipinski definition) is 2. The molecule has 0 aliphatic carbocycles. The summed E-state index contributed by atoms with van der Waals surface area (Å²) in [6.07, 6.45) is 0. The van der Waals surface area contributed by atoms with Gasteiger partial charge in [-0.15, -0.1) is 0 Å². The minimum atomic E-state index is -0.332. The third kappa shape index (κ3) is 2.76. The predicted octanol–water partition coefficient (Wildman–Crippen LogP) is 1.99. The summed E-state index contributed by atoms with van der Waals surface area (Å²) in [5.41, 5.74) is 3.24. The van der Waals surface area contributed by atoms with Crippen LogP contribution in [0.1, 0.15) is 22.7 Å². The Morgan fingerprint density at radius 2 is 1.95 bits per heavy atom. The maximum atomic E-state index is 11.9. The molecule has 0 radical (unpaired) electrons. The number of carbonyl (C=O) groups excluding carboxylic acids is 1. The van der Waals surface area contributed by atoms with Gasteiger partial charge in [0.2, 0.25) is 0 Å². The van der Waals surface area contributed by atoms with E-state index in [4.69, 9.17) is 10.1 Å². The Bertz CT molecular complexity index is 493. The summed E-state index contributed by atoms with van der Waals surface area (Å²) in [6.45, 7) is 4.97. The van der Waals surface area contributed by atoms with Crippen molar-refractivity contribution in [1.29, 1.82) is 5.41 Å². The van der Waals surface area contributed by atoms with E-state index in [1.54, 1.807) is 12.0 Å². The van der Waals surface area contributed by atoms with E-state index in [1.165, 1.54) is 0 Å². The van der Waals surface area contributed by atoms with Gasteiger partial charge in [0.05, 0.1) is 6.61 Å². The number of benzene rings is 1. The first-order valence-corrected chi connectivity index (χ1v) is 6.26.